The molecule has 31 heavy (non-hydrogen) atoms. The molecule has 0 heteroatoms. The first kappa shape index (κ1) is 22.1. The van der Waals surface area contributed by atoms with Gasteiger partial charge in [-0.05, 0) is 76.6 Å². The van der Waals surface area contributed by atoms with Crippen molar-refractivity contribution >= 4 is 10.8 Å². The Hall–Kier alpha value is -2.08. The number of unbranched alkanes of at least 4 members (excludes halogenated alkanes) is 2. The van der Waals surface area contributed by atoms with Gasteiger partial charge in [-0.2, -0.15) is 0 Å². The molecule has 1 aliphatic carbocycles. The lowest BCUT2D eigenvalue weighted by molar-refractivity contribution is 0.259. The molecule has 0 bridgehead atoms. The van der Waals surface area contributed by atoms with Gasteiger partial charge in [-0.3, -0.25) is 0 Å². The second kappa shape index (κ2) is 11.0. The summed E-state index contributed by atoms with van der Waals surface area (Å²) in [5, 5.41) is 2.72. The van der Waals surface area contributed by atoms with E-state index in [1.807, 2.05) is 0 Å². The van der Waals surface area contributed by atoms with Crippen LogP contribution in [-0.2, 0) is 12.8 Å². The fourth-order valence-electron chi connectivity index (χ4n) is 5.37. The zero-order valence-corrected chi connectivity index (χ0v) is 19.7. The van der Waals surface area contributed by atoms with Crippen LogP contribution in [0.15, 0.2) is 60.7 Å². The lowest BCUT2D eigenvalue weighted by Gasteiger charge is -2.27. The monoisotopic (exact) mass is 412 g/mol. The molecule has 0 spiro atoms. The van der Waals surface area contributed by atoms with E-state index in [0.717, 1.165) is 11.8 Å². The van der Waals surface area contributed by atoms with E-state index in [0.29, 0.717) is 0 Å². The van der Waals surface area contributed by atoms with Gasteiger partial charge >= 0.3 is 0 Å². The summed E-state index contributed by atoms with van der Waals surface area (Å²) in [6.45, 7) is 4.63. The predicted molar refractivity (Wildman–Crippen MR) is 137 cm³/mol. The van der Waals surface area contributed by atoms with Crippen LogP contribution in [0.1, 0.15) is 82.8 Å². The maximum Gasteiger partial charge on any atom is -0.0178 e. The second-order valence-electron chi connectivity index (χ2n) is 9.88. The molecule has 4 rings (SSSR count). The molecule has 0 heterocycles. The molecule has 1 saturated carbocycles. The second-order valence-corrected chi connectivity index (χ2v) is 9.88. The summed E-state index contributed by atoms with van der Waals surface area (Å²) < 4.78 is 0. The quantitative estimate of drug-likeness (QED) is 0.307. The van der Waals surface area contributed by atoms with Crippen LogP contribution < -0.4 is 0 Å². The molecule has 0 aromatic heterocycles. The van der Waals surface area contributed by atoms with E-state index in [1.165, 1.54) is 104 Å². The van der Waals surface area contributed by atoms with E-state index in [-0.39, 0.29) is 0 Å². The van der Waals surface area contributed by atoms with E-state index < -0.39 is 0 Å². The van der Waals surface area contributed by atoms with Gasteiger partial charge in [0.15, 0.2) is 0 Å². The maximum atomic E-state index is 2.38. The molecule has 0 nitrogen and oxygen atoms in total. The van der Waals surface area contributed by atoms with Crippen molar-refractivity contribution in [2.24, 2.45) is 11.8 Å². The minimum Gasteiger partial charge on any atom is -0.0654 e. The average Bonchev–Trinajstić information content (AvgIpc) is 2.83. The van der Waals surface area contributed by atoms with Gasteiger partial charge in [0.25, 0.3) is 0 Å². The van der Waals surface area contributed by atoms with E-state index in [9.17, 15) is 0 Å². The Morgan fingerprint density at radius 3 is 2.00 bits per heavy atom. The lowest BCUT2D eigenvalue weighted by Crippen LogP contribution is -2.14. The predicted octanol–water partition coefficient (Wildman–Crippen LogP) is 9.39. The number of fused-ring (bicyclic) bond motifs is 1. The number of hydrogen-bond donors (Lipinski definition) is 0. The number of hydrogen-bond acceptors (Lipinski definition) is 0. The van der Waals surface area contributed by atoms with E-state index in [2.05, 4.69) is 74.5 Å². The van der Waals surface area contributed by atoms with Crippen LogP contribution >= 0.6 is 0 Å². The summed E-state index contributed by atoms with van der Waals surface area (Å²) in [7, 11) is 0. The Labute approximate surface area is 190 Å². The lowest BCUT2D eigenvalue weighted by atomic mass is 9.78. The molecule has 3 aromatic rings. The largest absolute Gasteiger partial charge is 0.0654 e. The van der Waals surface area contributed by atoms with Gasteiger partial charge < -0.3 is 0 Å². The van der Waals surface area contributed by atoms with Crippen LogP contribution in [0.5, 0.6) is 0 Å². The Kier molecular flexibility index (Phi) is 7.84. The van der Waals surface area contributed by atoms with E-state index in [1.54, 1.807) is 0 Å². The highest BCUT2D eigenvalue weighted by Crippen LogP contribution is 2.33. The summed E-state index contributed by atoms with van der Waals surface area (Å²) in [5.41, 5.74) is 5.64. The van der Waals surface area contributed by atoms with Crippen molar-refractivity contribution in [3.8, 4) is 11.1 Å². The van der Waals surface area contributed by atoms with Gasteiger partial charge in [0, 0.05) is 0 Å². The van der Waals surface area contributed by atoms with Gasteiger partial charge in [0.2, 0.25) is 0 Å². The summed E-state index contributed by atoms with van der Waals surface area (Å²) in [6.07, 6.45) is 14.9. The summed E-state index contributed by atoms with van der Waals surface area (Å²) >= 11 is 0. The third-order valence-electron chi connectivity index (χ3n) is 7.65. The number of rotatable bonds is 9. The Morgan fingerprint density at radius 2 is 1.26 bits per heavy atom. The van der Waals surface area contributed by atoms with Crippen molar-refractivity contribution in [3.63, 3.8) is 0 Å². The van der Waals surface area contributed by atoms with Crippen molar-refractivity contribution in [3.05, 3.63) is 71.8 Å². The SMILES string of the molecule is CCCCCc1ccc2cc(-c3ccc(CCC4CCC(CC)CC4)cc3)ccc2c1. The third-order valence-corrected chi connectivity index (χ3v) is 7.65. The Balaban J connectivity index is 1.36. The van der Waals surface area contributed by atoms with Gasteiger partial charge in [0.1, 0.15) is 0 Å². The molecule has 0 aliphatic heterocycles. The normalized spacial score (nSPS) is 19.0. The average molecular weight is 413 g/mol. The van der Waals surface area contributed by atoms with Crippen molar-refractivity contribution in [1.82, 2.24) is 0 Å². The molecule has 0 amide bonds. The fourth-order valence-corrected chi connectivity index (χ4v) is 5.37. The van der Waals surface area contributed by atoms with Crippen molar-refractivity contribution in [2.45, 2.75) is 84.5 Å². The maximum absolute atomic E-state index is 2.38. The molecule has 0 unspecified atom stereocenters. The number of aryl methyl sites for hydroxylation is 2. The Morgan fingerprint density at radius 1 is 0.613 bits per heavy atom. The minimum atomic E-state index is 0.954. The smallest absolute Gasteiger partial charge is 0.0178 e. The van der Waals surface area contributed by atoms with Crippen LogP contribution in [-0.4, -0.2) is 0 Å². The highest BCUT2D eigenvalue weighted by atomic mass is 14.2. The summed E-state index contributed by atoms with van der Waals surface area (Å²) in [5.74, 6) is 1.96. The standard InChI is InChI=1S/C31H40/c1-3-5-6-7-27-16-19-31-23-30(21-20-29(31)22-27)28-17-14-26(15-18-28)13-12-25-10-8-24(4-2)9-11-25/h14-25H,3-13H2,1-2H3. The molecule has 1 fully saturated rings. The first-order valence-electron chi connectivity index (χ1n) is 12.9. The van der Waals surface area contributed by atoms with Gasteiger partial charge in [-0.15, -0.1) is 0 Å². The first-order valence-corrected chi connectivity index (χ1v) is 12.9. The van der Waals surface area contributed by atoms with Gasteiger partial charge in [0.05, 0.1) is 0 Å². The molecule has 3 aromatic carbocycles. The summed E-state index contributed by atoms with van der Waals surface area (Å²) in [4.78, 5) is 0. The Bertz CT molecular complexity index is 941. The molecular weight excluding hydrogens is 372 g/mol. The van der Waals surface area contributed by atoms with Crippen LogP contribution in [0.4, 0.5) is 0 Å². The van der Waals surface area contributed by atoms with E-state index in [4.69, 9.17) is 0 Å². The highest BCUT2D eigenvalue weighted by Gasteiger charge is 2.19. The van der Waals surface area contributed by atoms with Crippen molar-refractivity contribution in [2.75, 3.05) is 0 Å². The number of benzene rings is 3. The van der Waals surface area contributed by atoms with Crippen molar-refractivity contribution < 1.29 is 0 Å². The van der Waals surface area contributed by atoms with Gasteiger partial charge in [-0.1, -0.05) is 113 Å². The van der Waals surface area contributed by atoms with Crippen LogP contribution in [0.3, 0.4) is 0 Å². The zero-order valence-electron chi connectivity index (χ0n) is 19.7. The van der Waals surface area contributed by atoms with Crippen LogP contribution in [0.25, 0.3) is 21.9 Å². The van der Waals surface area contributed by atoms with E-state index >= 15 is 0 Å². The minimum absolute atomic E-state index is 0.954. The molecule has 0 radical (unpaired) electrons. The zero-order chi connectivity index (χ0) is 21.5. The first-order chi connectivity index (χ1) is 15.2. The molecular formula is C31H40. The molecule has 0 N–H and O–H groups in total. The topological polar surface area (TPSA) is 0 Å². The van der Waals surface area contributed by atoms with Crippen molar-refractivity contribution in [1.29, 1.82) is 0 Å². The fraction of sp³-hybridized carbons (Fsp3) is 0.484. The van der Waals surface area contributed by atoms with Crippen LogP contribution in [0.2, 0.25) is 0 Å². The third kappa shape index (κ3) is 6.00. The molecule has 1 aliphatic rings. The molecule has 0 saturated heterocycles. The van der Waals surface area contributed by atoms with Gasteiger partial charge in [-0.25, -0.2) is 0 Å². The molecule has 0 atom stereocenters. The molecule has 164 valence electrons. The summed E-state index contributed by atoms with van der Waals surface area (Å²) in [6, 6.07) is 23.3. The van der Waals surface area contributed by atoms with Crippen LogP contribution in [0, 0.1) is 11.8 Å². The highest BCUT2D eigenvalue weighted by molar-refractivity contribution is 5.87.